The van der Waals surface area contributed by atoms with Gasteiger partial charge in [-0.3, -0.25) is 0 Å². The fourth-order valence-corrected chi connectivity index (χ4v) is 4.51. The maximum Gasteiger partial charge on any atom is 0.0698 e. The Hall–Kier alpha value is -1.37. The van der Waals surface area contributed by atoms with Gasteiger partial charge in [-0.05, 0) is 64.8 Å². The molecule has 0 amide bonds. The lowest BCUT2D eigenvalue weighted by atomic mass is 9.60. The van der Waals surface area contributed by atoms with E-state index in [1.54, 1.807) is 0 Å². The number of halogens is 1. The molecule has 1 fully saturated rings. The Bertz CT molecular complexity index is 881. The van der Waals surface area contributed by atoms with Crippen LogP contribution in [-0.2, 0) is 16.7 Å². The van der Waals surface area contributed by atoms with Crippen LogP contribution >= 0.6 is 22.6 Å². The number of aliphatic hydroxyl groups excluding tert-OH is 1. The summed E-state index contributed by atoms with van der Waals surface area (Å²) in [6.07, 6.45) is 6.04. The lowest BCUT2D eigenvalue weighted by molar-refractivity contribution is 0.0875. The summed E-state index contributed by atoms with van der Waals surface area (Å²) >= 11 is 2.37. The minimum absolute atomic E-state index is 0.0770. The van der Waals surface area contributed by atoms with Crippen molar-refractivity contribution < 1.29 is 9.84 Å². The maximum absolute atomic E-state index is 8.90. The Labute approximate surface area is 168 Å². The molecule has 2 aromatic carbocycles. The first-order chi connectivity index (χ1) is 12.7. The average molecular weight is 461 g/mol. The summed E-state index contributed by atoms with van der Waals surface area (Å²) in [7, 11) is 0. The molecular formula is C22H24INO2. The molecule has 136 valence electrons. The smallest absolute Gasteiger partial charge is 0.0698 e. The third-order valence-corrected chi connectivity index (χ3v) is 6.34. The van der Waals surface area contributed by atoms with Crippen LogP contribution in [0.4, 0.5) is 0 Å². The van der Waals surface area contributed by atoms with Crippen molar-refractivity contribution in [3.63, 3.8) is 0 Å². The van der Waals surface area contributed by atoms with Crippen molar-refractivity contribution in [2.45, 2.75) is 31.2 Å². The number of aliphatic hydroxyl groups is 1. The molecule has 1 aliphatic rings. The van der Waals surface area contributed by atoms with Crippen LogP contribution in [-0.4, -0.2) is 29.5 Å². The van der Waals surface area contributed by atoms with Gasteiger partial charge in [0.05, 0.1) is 19.8 Å². The molecule has 1 aliphatic carbocycles. The molecule has 1 saturated carbocycles. The number of hydrogen-bond donors (Lipinski definition) is 1. The third kappa shape index (κ3) is 3.19. The molecule has 0 radical (unpaired) electrons. The van der Waals surface area contributed by atoms with Crippen LogP contribution in [0.5, 0.6) is 0 Å². The van der Waals surface area contributed by atoms with E-state index in [-0.39, 0.29) is 12.0 Å². The van der Waals surface area contributed by atoms with E-state index in [1.807, 2.05) is 0 Å². The monoisotopic (exact) mass is 461 g/mol. The highest BCUT2D eigenvalue weighted by molar-refractivity contribution is 14.1. The van der Waals surface area contributed by atoms with Crippen molar-refractivity contribution in [1.82, 2.24) is 4.57 Å². The largest absolute Gasteiger partial charge is 0.394 e. The molecule has 1 aromatic heterocycles. The van der Waals surface area contributed by atoms with Crippen molar-refractivity contribution in [1.29, 1.82) is 0 Å². The van der Waals surface area contributed by atoms with E-state index in [0.29, 0.717) is 13.2 Å². The molecule has 1 heterocycles. The van der Waals surface area contributed by atoms with E-state index in [2.05, 4.69) is 81.9 Å². The van der Waals surface area contributed by atoms with Crippen LogP contribution < -0.4 is 0 Å². The lowest BCUT2D eigenvalue weighted by Crippen LogP contribution is -2.35. The van der Waals surface area contributed by atoms with Crippen molar-refractivity contribution in [2.24, 2.45) is 0 Å². The predicted molar refractivity (Wildman–Crippen MR) is 114 cm³/mol. The molecule has 4 heteroatoms. The summed E-state index contributed by atoms with van der Waals surface area (Å²) in [5, 5.41) is 10.3. The second kappa shape index (κ2) is 7.71. The van der Waals surface area contributed by atoms with Crippen LogP contribution in [0.3, 0.4) is 0 Å². The van der Waals surface area contributed by atoms with Crippen LogP contribution in [0.2, 0.25) is 0 Å². The zero-order valence-electron chi connectivity index (χ0n) is 14.8. The zero-order chi connectivity index (χ0) is 18.0. The van der Waals surface area contributed by atoms with Crippen LogP contribution in [0, 0.1) is 3.57 Å². The van der Waals surface area contributed by atoms with Crippen LogP contribution in [0.15, 0.2) is 54.7 Å². The number of rotatable bonds is 7. The molecule has 4 rings (SSSR count). The first-order valence-electron chi connectivity index (χ1n) is 9.28. The van der Waals surface area contributed by atoms with Gasteiger partial charge in [-0.1, -0.05) is 36.8 Å². The summed E-state index contributed by atoms with van der Waals surface area (Å²) in [5.41, 5.74) is 4.29. The van der Waals surface area contributed by atoms with Crippen molar-refractivity contribution in [3.05, 3.63) is 69.4 Å². The normalized spacial score (nSPS) is 15.9. The number of benzene rings is 2. The second-order valence-electron chi connectivity index (χ2n) is 7.03. The topological polar surface area (TPSA) is 34.4 Å². The Morgan fingerprint density at radius 2 is 1.81 bits per heavy atom. The van der Waals surface area contributed by atoms with Gasteiger partial charge in [-0.15, -0.1) is 0 Å². The number of para-hydroxylation sites is 1. The molecule has 0 unspecified atom stereocenters. The van der Waals surface area contributed by atoms with Gasteiger partial charge in [-0.2, -0.15) is 0 Å². The quantitative estimate of drug-likeness (QED) is 0.408. The second-order valence-corrected chi connectivity index (χ2v) is 8.28. The van der Waals surface area contributed by atoms with Crippen molar-refractivity contribution >= 4 is 33.5 Å². The van der Waals surface area contributed by atoms with Gasteiger partial charge in [0, 0.05) is 32.6 Å². The molecule has 1 N–H and O–H groups in total. The SMILES string of the molecule is OCCOCCn1cc(C2(c3ccc(I)cc3)CCC2)c2ccccc21. The summed E-state index contributed by atoms with van der Waals surface area (Å²) in [6, 6.07) is 17.7. The van der Waals surface area contributed by atoms with Gasteiger partial charge >= 0.3 is 0 Å². The number of fused-ring (bicyclic) bond motifs is 1. The molecule has 3 nitrogen and oxygen atoms in total. The summed E-state index contributed by atoms with van der Waals surface area (Å²) < 4.78 is 9.09. The number of aromatic nitrogens is 1. The molecule has 0 spiro atoms. The van der Waals surface area contributed by atoms with Crippen LogP contribution in [0.1, 0.15) is 30.4 Å². The fourth-order valence-electron chi connectivity index (χ4n) is 4.16. The maximum atomic E-state index is 8.90. The highest BCUT2D eigenvalue weighted by Gasteiger charge is 2.42. The minimum Gasteiger partial charge on any atom is -0.394 e. The summed E-state index contributed by atoms with van der Waals surface area (Å²) in [6.45, 7) is 1.91. The van der Waals surface area contributed by atoms with Gasteiger partial charge in [-0.25, -0.2) is 0 Å². The van der Waals surface area contributed by atoms with E-state index in [9.17, 15) is 0 Å². The first-order valence-corrected chi connectivity index (χ1v) is 10.4. The number of nitrogens with zero attached hydrogens (tertiary/aromatic N) is 1. The molecule has 0 atom stereocenters. The first kappa shape index (κ1) is 18.0. The summed E-state index contributed by atoms with van der Waals surface area (Å²) in [5.74, 6) is 0. The predicted octanol–water partition coefficient (Wildman–Crippen LogP) is 4.72. The average Bonchev–Trinajstić information content (AvgIpc) is 2.99. The zero-order valence-corrected chi connectivity index (χ0v) is 17.0. The van der Waals surface area contributed by atoms with Gasteiger partial charge in [0.15, 0.2) is 0 Å². The van der Waals surface area contributed by atoms with Crippen molar-refractivity contribution in [2.75, 3.05) is 19.8 Å². The Kier molecular flexibility index (Phi) is 5.34. The lowest BCUT2D eigenvalue weighted by Gasteiger charge is -2.42. The van der Waals surface area contributed by atoms with Gasteiger partial charge in [0.1, 0.15) is 0 Å². The molecule has 0 saturated heterocycles. The van der Waals surface area contributed by atoms with E-state index < -0.39 is 0 Å². The molecule has 26 heavy (non-hydrogen) atoms. The standard InChI is InChI=1S/C22H24INO2/c23-18-8-6-17(7-9-18)22(10-3-11-22)20-16-24(12-14-26-15-13-25)21-5-2-1-4-19(20)21/h1-2,4-9,16,25H,3,10-15H2. The summed E-state index contributed by atoms with van der Waals surface area (Å²) in [4.78, 5) is 0. The Balaban J connectivity index is 1.74. The van der Waals surface area contributed by atoms with E-state index >= 15 is 0 Å². The number of ether oxygens (including phenoxy) is 1. The molecule has 0 aliphatic heterocycles. The molecular weight excluding hydrogens is 437 g/mol. The third-order valence-electron chi connectivity index (χ3n) is 5.62. The van der Waals surface area contributed by atoms with E-state index in [0.717, 1.165) is 6.54 Å². The molecule has 0 bridgehead atoms. The van der Waals surface area contributed by atoms with Gasteiger partial charge < -0.3 is 14.4 Å². The highest BCUT2D eigenvalue weighted by atomic mass is 127. The van der Waals surface area contributed by atoms with E-state index in [4.69, 9.17) is 9.84 Å². The Morgan fingerprint density at radius 3 is 2.50 bits per heavy atom. The highest BCUT2D eigenvalue weighted by Crippen LogP contribution is 2.51. The number of hydrogen-bond acceptors (Lipinski definition) is 2. The minimum atomic E-state index is 0.0770. The van der Waals surface area contributed by atoms with Gasteiger partial charge in [0.2, 0.25) is 0 Å². The van der Waals surface area contributed by atoms with E-state index in [1.165, 1.54) is 44.9 Å². The fraction of sp³-hybridized carbons (Fsp3) is 0.364. The van der Waals surface area contributed by atoms with Gasteiger partial charge in [0.25, 0.3) is 0 Å². The van der Waals surface area contributed by atoms with Crippen molar-refractivity contribution in [3.8, 4) is 0 Å². The Morgan fingerprint density at radius 1 is 1.04 bits per heavy atom. The molecule has 3 aromatic rings. The van der Waals surface area contributed by atoms with Crippen LogP contribution in [0.25, 0.3) is 10.9 Å².